The summed E-state index contributed by atoms with van der Waals surface area (Å²) in [5.74, 6) is 0.733. The van der Waals surface area contributed by atoms with Crippen LogP contribution in [0.1, 0.15) is 31.2 Å². The fraction of sp³-hybridized carbons (Fsp3) is 0.529. The van der Waals surface area contributed by atoms with E-state index in [1.807, 2.05) is 18.2 Å². The molecule has 1 aromatic heterocycles. The van der Waals surface area contributed by atoms with E-state index in [2.05, 4.69) is 28.6 Å². The van der Waals surface area contributed by atoms with Crippen molar-refractivity contribution in [1.29, 1.82) is 0 Å². The lowest BCUT2D eigenvalue weighted by molar-refractivity contribution is -0.122. The van der Waals surface area contributed by atoms with Crippen LogP contribution in [-0.4, -0.2) is 30.0 Å². The molecule has 1 fully saturated rings. The Hall–Kier alpha value is -0.880. The summed E-state index contributed by atoms with van der Waals surface area (Å²) in [7, 11) is 0. The number of hydrogen-bond acceptors (Lipinski definition) is 4. The third-order valence-corrected chi connectivity index (χ3v) is 5.40. The molecule has 0 bridgehead atoms. The number of nitrogens with zero attached hydrogens (tertiary/aromatic N) is 1. The maximum absolute atomic E-state index is 12.1. The number of halogens is 2. The lowest BCUT2D eigenvalue weighted by Gasteiger charge is -2.30. The van der Waals surface area contributed by atoms with Crippen LogP contribution < -0.4 is 10.6 Å². The molecule has 24 heavy (non-hydrogen) atoms. The summed E-state index contributed by atoms with van der Waals surface area (Å²) in [6.07, 6.45) is 3.46. The third kappa shape index (κ3) is 5.59. The summed E-state index contributed by atoms with van der Waals surface area (Å²) < 4.78 is 1.23. The number of nitrogens with one attached hydrogen (secondary N) is 2. The maximum atomic E-state index is 12.1. The number of amides is 1. The summed E-state index contributed by atoms with van der Waals surface area (Å²) in [6, 6.07) is 8.47. The molecular formula is C17H25Cl2N3OS. The summed E-state index contributed by atoms with van der Waals surface area (Å²) in [4.78, 5) is 16.7. The largest absolute Gasteiger partial charge is 0.352 e. The molecule has 2 heterocycles. The van der Waals surface area contributed by atoms with Gasteiger partial charge in [-0.3, -0.25) is 4.79 Å². The topological polar surface area (TPSA) is 54.0 Å². The van der Waals surface area contributed by atoms with Crippen LogP contribution in [0.25, 0.3) is 10.2 Å². The molecular weight excluding hydrogens is 365 g/mol. The number of piperidine rings is 1. The molecule has 1 aromatic carbocycles. The number of thiazole rings is 1. The first-order valence-electron chi connectivity index (χ1n) is 8.07. The minimum absolute atomic E-state index is 0. The average molecular weight is 390 g/mol. The van der Waals surface area contributed by atoms with Crippen LogP contribution >= 0.6 is 36.2 Å². The van der Waals surface area contributed by atoms with Crippen molar-refractivity contribution in [3.63, 3.8) is 0 Å². The van der Waals surface area contributed by atoms with Crippen molar-refractivity contribution < 1.29 is 4.79 Å². The Morgan fingerprint density at radius 1 is 1.38 bits per heavy atom. The maximum Gasteiger partial charge on any atom is 0.220 e. The van der Waals surface area contributed by atoms with Crippen LogP contribution in [0.3, 0.4) is 0 Å². The fourth-order valence-corrected chi connectivity index (χ4v) is 3.90. The Bertz CT molecular complexity index is 617. The van der Waals surface area contributed by atoms with Crippen LogP contribution in [0.15, 0.2) is 24.3 Å². The normalized spacial score (nSPS) is 20.0. The predicted molar refractivity (Wildman–Crippen MR) is 106 cm³/mol. The van der Waals surface area contributed by atoms with Crippen LogP contribution in [0.5, 0.6) is 0 Å². The van der Waals surface area contributed by atoms with Gasteiger partial charge in [0.2, 0.25) is 5.91 Å². The molecule has 0 spiro atoms. The number of rotatable bonds is 5. The van der Waals surface area contributed by atoms with Crippen molar-refractivity contribution in [3.05, 3.63) is 29.3 Å². The lowest BCUT2D eigenvalue weighted by Crippen LogP contribution is -2.50. The Kier molecular flexibility index (Phi) is 8.98. The highest BCUT2D eigenvalue weighted by atomic mass is 35.5. The van der Waals surface area contributed by atoms with Gasteiger partial charge >= 0.3 is 0 Å². The van der Waals surface area contributed by atoms with Gasteiger partial charge in [0.25, 0.3) is 0 Å². The lowest BCUT2D eigenvalue weighted by atomic mass is 9.94. The van der Waals surface area contributed by atoms with Crippen LogP contribution in [-0.2, 0) is 11.2 Å². The van der Waals surface area contributed by atoms with Crippen LogP contribution in [0.4, 0.5) is 0 Å². The Morgan fingerprint density at radius 2 is 2.17 bits per heavy atom. The molecule has 2 unspecified atom stereocenters. The molecule has 2 N–H and O–H groups in total. The van der Waals surface area contributed by atoms with E-state index in [0.717, 1.165) is 42.9 Å². The number of carbonyl (C=O) groups is 1. The number of aryl methyl sites for hydroxylation is 1. The van der Waals surface area contributed by atoms with Gasteiger partial charge in [-0.1, -0.05) is 19.1 Å². The molecule has 1 aliphatic rings. The molecule has 4 nitrogen and oxygen atoms in total. The predicted octanol–water partition coefficient (Wildman–Crippen LogP) is 3.58. The average Bonchev–Trinajstić information content (AvgIpc) is 2.92. The van der Waals surface area contributed by atoms with Gasteiger partial charge in [0, 0.05) is 19.0 Å². The van der Waals surface area contributed by atoms with Gasteiger partial charge in [0.1, 0.15) is 0 Å². The second kappa shape index (κ2) is 10.2. The van der Waals surface area contributed by atoms with Crippen molar-refractivity contribution >= 4 is 52.3 Å². The van der Waals surface area contributed by atoms with E-state index < -0.39 is 0 Å². The second-order valence-corrected chi connectivity index (χ2v) is 7.19. The van der Waals surface area contributed by atoms with E-state index in [9.17, 15) is 4.79 Å². The molecule has 0 aliphatic carbocycles. The number of aromatic nitrogens is 1. The first-order chi connectivity index (χ1) is 10.7. The molecule has 7 heteroatoms. The van der Waals surface area contributed by atoms with Crippen molar-refractivity contribution in [2.75, 3.05) is 13.1 Å². The quantitative estimate of drug-likeness (QED) is 0.821. The minimum atomic E-state index is 0. The number of carbonyl (C=O) groups excluding carboxylic acids is 1. The highest BCUT2D eigenvalue weighted by Gasteiger charge is 2.22. The van der Waals surface area contributed by atoms with Crippen molar-refractivity contribution in [2.24, 2.45) is 5.92 Å². The summed E-state index contributed by atoms with van der Waals surface area (Å²) in [5, 5.41) is 7.63. The molecule has 3 rings (SSSR count). The molecule has 1 saturated heterocycles. The Balaban J connectivity index is 0.00000144. The SMILES string of the molecule is CC1CCNCC1NC(=O)CCCc1nc2ccccc2s1.Cl.Cl. The van der Waals surface area contributed by atoms with Crippen molar-refractivity contribution in [2.45, 2.75) is 38.6 Å². The monoisotopic (exact) mass is 389 g/mol. The Labute approximate surface area is 159 Å². The molecule has 0 saturated carbocycles. The van der Waals surface area contributed by atoms with Crippen molar-refractivity contribution in [1.82, 2.24) is 15.6 Å². The Morgan fingerprint density at radius 3 is 2.92 bits per heavy atom. The number of para-hydroxylation sites is 1. The zero-order chi connectivity index (χ0) is 15.4. The fourth-order valence-electron chi connectivity index (χ4n) is 2.89. The number of benzene rings is 1. The van der Waals surface area contributed by atoms with E-state index in [-0.39, 0.29) is 36.8 Å². The molecule has 2 aromatic rings. The summed E-state index contributed by atoms with van der Waals surface area (Å²) >= 11 is 1.73. The zero-order valence-corrected chi connectivity index (χ0v) is 16.2. The number of fused-ring (bicyclic) bond motifs is 1. The van der Waals surface area contributed by atoms with Gasteiger partial charge in [-0.25, -0.2) is 4.98 Å². The summed E-state index contributed by atoms with van der Waals surface area (Å²) in [6.45, 7) is 4.17. The van der Waals surface area contributed by atoms with Crippen molar-refractivity contribution in [3.8, 4) is 0 Å². The standard InChI is InChI=1S/C17H23N3OS.2ClH/c1-12-9-10-18-11-14(12)19-16(21)7-4-8-17-20-13-5-2-3-6-15(13)22-17;;/h2-3,5-6,12,14,18H,4,7-11H2,1H3,(H,19,21);2*1H. The highest BCUT2D eigenvalue weighted by molar-refractivity contribution is 7.18. The van der Waals surface area contributed by atoms with E-state index in [1.165, 1.54) is 4.70 Å². The second-order valence-electron chi connectivity index (χ2n) is 6.07. The van der Waals surface area contributed by atoms with E-state index in [1.54, 1.807) is 11.3 Å². The van der Waals surface area contributed by atoms with Crippen LogP contribution in [0, 0.1) is 5.92 Å². The van der Waals surface area contributed by atoms with E-state index in [0.29, 0.717) is 12.3 Å². The molecule has 2 atom stereocenters. The summed E-state index contributed by atoms with van der Waals surface area (Å²) in [5.41, 5.74) is 1.06. The smallest absolute Gasteiger partial charge is 0.220 e. The van der Waals surface area contributed by atoms with E-state index in [4.69, 9.17) is 0 Å². The first-order valence-corrected chi connectivity index (χ1v) is 8.88. The van der Waals surface area contributed by atoms with E-state index >= 15 is 0 Å². The minimum Gasteiger partial charge on any atom is -0.352 e. The van der Waals surface area contributed by atoms with Gasteiger partial charge in [-0.05, 0) is 43.9 Å². The third-order valence-electron chi connectivity index (χ3n) is 4.31. The molecule has 1 aliphatic heterocycles. The molecule has 1 amide bonds. The van der Waals surface area contributed by atoms with Crippen LogP contribution in [0.2, 0.25) is 0 Å². The molecule has 0 radical (unpaired) electrons. The van der Waals surface area contributed by atoms with Gasteiger partial charge in [-0.15, -0.1) is 36.2 Å². The van der Waals surface area contributed by atoms with Gasteiger partial charge in [0.05, 0.1) is 15.2 Å². The number of hydrogen-bond donors (Lipinski definition) is 2. The van der Waals surface area contributed by atoms with Gasteiger partial charge in [-0.2, -0.15) is 0 Å². The first kappa shape index (κ1) is 21.2. The van der Waals surface area contributed by atoms with Gasteiger partial charge in [0.15, 0.2) is 0 Å². The van der Waals surface area contributed by atoms with Gasteiger partial charge < -0.3 is 10.6 Å². The molecule has 134 valence electrons. The zero-order valence-electron chi connectivity index (χ0n) is 13.8. The highest BCUT2D eigenvalue weighted by Crippen LogP contribution is 2.22.